The summed E-state index contributed by atoms with van der Waals surface area (Å²) in [6.45, 7) is 2.07. The van der Waals surface area contributed by atoms with Crippen molar-refractivity contribution in [2.75, 3.05) is 0 Å². The zero-order chi connectivity index (χ0) is 8.39. The van der Waals surface area contributed by atoms with Gasteiger partial charge in [0.1, 0.15) is 5.82 Å². The monoisotopic (exact) mass is 158 g/mol. The first-order valence-electron chi connectivity index (χ1n) is 3.92. The van der Waals surface area contributed by atoms with Gasteiger partial charge in [0.15, 0.2) is 0 Å². The molecule has 60 valence electrons. The van der Waals surface area contributed by atoms with Crippen molar-refractivity contribution in [1.29, 1.82) is 0 Å². The van der Waals surface area contributed by atoms with Crippen LogP contribution >= 0.6 is 0 Å². The Morgan fingerprint density at radius 1 is 1.25 bits per heavy atom. The van der Waals surface area contributed by atoms with Gasteiger partial charge in [0.2, 0.25) is 0 Å². The number of rotatable bonds is 1. The molecule has 2 heterocycles. The highest BCUT2D eigenvalue weighted by Crippen LogP contribution is 2.05. The standard InChI is InChI=1S/C10H10N2/c1-9-5-7-12(8-9)10-4-2-3-6-11-10/h2-8H,1H3. The number of hydrogen-bond donors (Lipinski definition) is 0. The lowest BCUT2D eigenvalue weighted by Gasteiger charge is -1.98. The Morgan fingerprint density at radius 3 is 2.75 bits per heavy atom. The summed E-state index contributed by atoms with van der Waals surface area (Å²) in [5.74, 6) is 0.964. The average Bonchev–Trinajstić information content (AvgIpc) is 2.54. The van der Waals surface area contributed by atoms with Crippen molar-refractivity contribution < 1.29 is 0 Å². The summed E-state index contributed by atoms with van der Waals surface area (Å²) in [5, 5.41) is 0. The zero-order valence-corrected chi connectivity index (χ0v) is 6.94. The lowest BCUT2D eigenvalue weighted by molar-refractivity contribution is 1.00. The second-order valence-corrected chi connectivity index (χ2v) is 2.78. The van der Waals surface area contributed by atoms with Crippen molar-refractivity contribution in [1.82, 2.24) is 9.55 Å². The maximum Gasteiger partial charge on any atom is 0.136 e. The largest absolute Gasteiger partial charge is 0.308 e. The Morgan fingerprint density at radius 2 is 2.17 bits per heavy atom. The molecule has 0 aliphatic carbocycles. The Labute approximate surface area is 71.5 Å². The fraction of sp³-hybridized carbons (Fsp3) is 0.100. The van der Waals surface area contributed by atoms with Gasteiger partial charge in [-0.1, -0.05) is 6.07 Å². The molecule has 12 heavy (non-hydrogen) atoms. The van der Waals surface area contributed by atoms with Gasteiger partial charge in [-0.15, -0.1) is 0 Å². The van der Waals surface area contributed by atoms with Crippen LogP contribution in [0.3, 0.4) is 0 Å². The van der Waals surface area contributed by atoms with Crippen LogP contribution in [0.5, 0.6) is 0 Å². The van der Waals surface area contributed by atoms with Crippen LogP contribution in [0, 0.1) is 6.92 Å². The van der Waals surface area contributed by atoms with E-state index in [2.05, 4.69) is 24.2 Å². The fourth-order valence-electron chi connectivity index (χ4n) is 1.15. The zero-order valence-electron chi connectivity index (χ0n) is 6.94. The number of nitrogens with zero attached hydrogens (tertiary/aromatic N) is 2. The van der Waals surface area contributed by atoms with Crippen LogP contribution in [0.4, 0.5) is 0 Å². The first-order valence-corrected chi connectivity index (χ1v) is 3.92. The molecule has 0 aliphatic rings. The van der Waals surface area contributed by atoms with E-state index in [1.165, 1.54) is 5.56 Å². The molecule has 0 saturated carbocycles. The molecule has 0 aliphatic heterocycles. The molecule has 0 spiro atoms. The van der Waals surface area contributed by atoms with E-state index in [0.29, 0.717) is 0 Å². The molecule has 0 bridgehead atoms. The van der Waals surface area contributed by atoms with Crippen LogP contribution in [-0.2, 0) is 0 Å². The lowest BCUT2D eigenvalue weighted by atomic mass is 10.4. The Kier molecular flexibility index (Phi) is 1.67. The third kappa shape index (κ3) is 1.23. The van der Waals surface area contributed by atoms with Crippen LogP contribution in [0.25, 0.3) is 5.82 Å². The van der Waals surface area contributed by atoms with Gasteiger partial charge in [-0.3, -0.25) is 0 Å². The number of aromatic nitrogens is 2. The average molecular weight is 158 g/mol. The van der Waals surface area contributed by atoms with E-state index in [0.717, 1.165) is 5.82 Å². The fourth-order valence-corrected chi connectivity index (χ4v) is 1.15. The predicted molar refractivity (Wildman–Crippen MR) is 48.3 cm³/mol. The van der Waals surface area contributed by atoms with Gasteiger partial charge in [0.25, 0.3) is 0 Å². The molecule has 2 rings (SSSR count). The van der Waals surface area contributed by atoms with Crippen LogP contribution in [0.1, 0.15) is 5.56 Å². The molecule has 0 aromatic carbocycles. The Hall–Kier alpha value is -1.57. The third-order valence-electron chi connectivity index (χ3n) is 1.75. The highest BCUT2D eigenvalue weighted by molar-refractivity contribution is 5.25. The van der Waals surface area contributed by atoms with Gasteiger partial charge in [-0.2, -0.15) is 0 Å². The summed E-state index contributed by atoms with van der Waals surface area (Å²) in [5.41, 5.74) is 1.25. The van der Waals surface area contributed by atoms with Crippen molar-refractivity contribution in [3.05, 3.63) is 48.4 Å². The number of aryl methyl sites for hydroxylation is 1. The smallest absolute Gasteiger partial charge is 0.136 e. The maximum atomic E-state index is 4.23. The minimum Gasteiger partial charge on any atom is -0.308 e. The van der Waals surface area contributed by atoms with Gasteiger partial charge in [-0.05, 0) is 30.7 Å². The molecule has 0 fully saturated rings. The van der Waals surface area contributed by atoms with Crippen molar-refractivity contribution in [2.45, 2.75) is 6.92 Å². The minimum absolute atomic E-state index is 0.964. The first kappa shape index (κ1) is 7.10. The summed E-state index contributed by atoms with van der Waals surface area (Å²) in [6.07, 6.45) is 5.87. The van der Waals surface area contributed by atoms with Crippen LogP contribution in [0.2, 0.25) is 0 Å². The molecule has 2 heteroatoms. The highest BCUT2D eigenvalue weighted by Gasteiger charge is 1.94. The second-order valence-electron chi connectivity index (χ2n) is 2.78. The predicted octanol–water partition coefficient (Wildman–Crippen LogP) is 2.18. The van der Waals surface area contributed by atoms with Gasteiger partial charge in [0, 0.05) is 18.6 Å². The third-order valence-corrected chi connectivity index (χ3v) is 1.75. The van der Waals surface area contributed by atoms with E-state index < -0.39 is 0 Å². The highest BCUT2D eigenvalue weighted by atomic mass is 15.0. The maximum absolute atomic E-state index is 4.23. The van der Waals surface area contributed by atoms with Gasteiger partial charge in [-0.25, -0.2) is 4.98 Å². The molecule has 0 atom stereocenters. The summed E-state index contributed by atoms with van der Waals surface area (Å²) in [4.78, 5) is 4.23. The molecule has 0 saturated heterocycles. The van der Waals surface area contributed by atoms with Crippen molar-refractivity contribution in [3.63, 3.8) is 0 Å². The molecule has 0 N–H and O–H groups in total. The van der Waals surface area contributed by atoms with E-state index in [1.807, 2.05) is 29.0 Å². The molecule has 0 radical (unpaired) electrons. The Balaban J connectivity index is 2.45. The van der Waals surface area contributed by atoms with E-state index in [4.69, 9.17) is 0 Å². The molecule has 2 aromatic rings. The molecular formula is C10H10N2. The number of hydrogen-bond acceptors (Lipinski definition) is 1. The van der Waals surface area contributed by atoms with Crippen LogP contribution < -0.4 is 0 Å². The van der Waals surface area contributed by atoms with Crippen LogP contribution in [0.15, 0.2) is 42.9 Å². The van der Waals surface area contributed by atoms with Gasteiger partial charge >= 0.3 is 0 Å². The quantitative estimate of drug-likeness (QED) is 0.622. The van der Waals surface area contributed by atoms with Crippen molar-refractivity contribution in [2.24, 2.45) is 0 Å². The van der Waals surface area contributed by atoms with E-state index in [1.54, 1.807) is 6.20 Å². The second kappa shape index (κ2) is 2.81. The van der Waals surface area contributed by atoms with Gasteiger partial charge < -0.3 is 4.57 Å². The topological polar surface area (TPSA) is 17.8 Å². The molecular weight excluding hydrogens is 148 g/mol. The normalized spacial score (nSPS) is 10.1. The molecule has 2 aromatic heterocycles. The summed E-state index contributed by atoms with van der Waals surface area (Å²) in [7, 11) is 0. The van der Waals surface area contributed by atoms with E-state index >= 15 is 0 Å². The summed E-state index contributed by atoms with van der Waals surface area (Å²) in [6, 6.07) is 7.95. The lowest BCUT2D eigenvalue weighted by Crippen LogP contribution is -1.91. The molecule has 0 unspecified atom stereocenters. The Bertz CT molecular complexity index is 362. The summed E-state index contributed by atoms with van der Waals surface area (Å²) >= 11 is 0. The number of pyridine rings is 1. The molecule has 2 nitrogen and oxygen atoms in total. The van der Waals surface area contributed by atoms with Crippen molar-refractivity contribution in [3.8, 4) is 5.82 Å². The van der Waals surface area contributed by atoms with E-state index in [-0.39, 0.29) is 0 Å². The summed E-state index contributed by atoms with van der Waals surface area (Å²) < 4.78 is 2.01. The molecule has 0 amide bonds. The van der Waals surface area contributed by atoms with Crippen LogP contribution in [-0.4, -0.2) is 9.55 Å². The van der Waals surface area contributed by atoms with Crippen molar-refractivity contribution >= 4 is 0 Å². The van der Waals surface area contributed by atoms with E-state index in [9.17, 15) is 0 Å². The minimum atomic E-state index is 0.964. The first-order chi connectivity index (χ1) is 5.86. The van der Waals surface area contributed by atoms with Gasteiger partial charge in [0.05, 0.1) is 0 Å². The SMILES string of the molecule is Cc1ccn(-c2ccccn2)c1.